The summed E-state index contributed by atoms with van der Waals surface area (Å²) < 4.78 is 10.6. The minimum absolute atomic E-state index is 0.00871. The molecule has 178 valence electrons. The van der Waals surface area contributed by atoms with Gasteiger partial charge in [0.1, 0.15) is 19.0 Å². The molecule has 0 aromatic rings. The quantitative estimate of drug-likeness (QED) is 0.259. The lowest BCUT2D eigenvalue weighted by molar-refractivity contribution is -0.147. The van der Waals surface area contributed by atoms with Crippen LogP contribution in [0, 0.1) is 5.92 Å². The van der Waals surface area contributed by atoms with Crippen molar-refractivity contribution in [3.8, 4) is 0 Å². The number of carbonyl (C=O) groups excluding carboxylic acids is 3. The van der Waals surface area contributed by atoms with Gasteiger partial charge >= 0.3 is 11.9 Å². The number of hydrogen-bond donors (Lipinski definition) is 3. The average Bonchev–Trinajstić information content (AvgIpc) is 3.23. The van der Waals surface area contributed by atoms with Crippen LogP contribution in [0.15, 0.2) is 15.0 Å². The molecule has 2 aliphatic rings. The number of fused-ring (bicyclic) bond motifs is 1. The summed E-state index contributed by atoms with van der Waals surface area (Å²) in [5.41, 5.74) is 5.89. The predicted molar refractivity (Wildman–Crippen MR) is 120 cm³/mol. The molecule has 2 atom stereocenters. The molecule has 0 radical (unpaired) electrons. The maximum absolute atomic E-state index is 12.4. The zero-order valence-electron chi connectivity index (χ0n) is 19.1. The molecule has 2 aliphatic heterocycles. The highest BCUT2D eigenvalue weighted by molar-refractivity contribution is 6.69. The molecule has 2 heterocycles. The van der Waals surface area contributed by atoms with Crippen LogP contribution in [0.3, 0.4) is 0 Å². The summed E-state index contributed by atoms with van der Waals surface area (Å²) >= 11 is 0. The van der Waals surface area contributed by atoms with E-state index in [-0.39, 0.29) is 36.6 Å². The largest absolute Gasteiger partial charge is 0.465 e. The normalized spacial score (nSPS) is 20.3. The minimum atomic E-state index is -1.33. The summed E-state index contributed by atoms with van der Waals surface area (Å²) in [7, 11) is 0. The molecule has 2 rings (SSSR count). The van der Waals surface area contributed by atoms with Crippen molar-refractivity contribution < 1.29 is 23.9 Å². The van der Waals surface area contributed by atoms with E-state index in [0.717, 1.165) is 19.3 Å². The Kier molecular flexibility index (Phi) is 9.92. The number of nitrogens with zero attached hydrogens (tertiary/aromatic N) is 3. The predicted octanol–water partition coefficient (Wildman–Crippen LogP) is 0.671. The van der Waals surface area contributed by atoms with Crippen LogP contribution in [0.4, 0.5) is 0 Å². The van der Waals surface area contributed by atoms with Crippen LogP contribution >= 0.6 is 0 Å². The minimum Gasteiger partial charge on any atom is -0.465 e. The summed E-state index contributed by atoms with van der Waals surface area (Å²) in [5.74, 6) is -2.34. The van der Waals surface area contributed by atoms with E-state index in [9.17, 15) is 14.4 Å². The lowest BCUT2D eigenvalue weighted by Crippen LogP contribution is -2.65. The van der Waals surface area contributed by atoms with Crippen LogP contribution in [0.2, 0.25) is 0 Å². The highest BCUT2D eigenvalue weighted by atomic mass is 16.5. The third-order valence-electron chi connectivity index (χ3n) is 5.06. The number of unbranched alkanes of at least 4 members (excludes halogenated alkanes) is 3. The fraction of sp³-hybridized carbons (Fsp3) is 0.714. The maximum Gasteiger partial charge on any atom is 0.323 e. The number of nitrogens with two attached hydrogens (primary N) is 1. The van der Waals surface area contributed by atoms with Crippen LogP contribution < -0.4 is 16.4 Å². The van der Waals surface area contributed by atoms with Crippen LogP contribution in [0.5, 0.6) is 0 Å². The van der Waals surface area contributed by atoms with E-state index in [1.807, 2.05) is 13.8 Å². The van der Waals surface area contributed by atoms with Crippen molar-refractivity contribution in [2.24, 2.45) is 26.6 Å². The van der Waals surface area contributed by atoms with Crippen LogP contribution in [0.25, 0.3) is 0 Å². The second-order valence-electron chi connectivity index (χ2n) is 8.16. The standard InChI is InChI=1S/C21H34N6O5/c1-4-5-6-9-15(28)32-12-21(26-18-17(19(29)27-21)23-13-24-18)25-10-7-8-11-31-20(30)16(22)14(2)3/h13-14,16,25H,4-12,22H2,1-3H3,(H,27,29)/t16-,21?/m0/s1. The second-order valence-corrected chi connectivity index (χ2v) is 8.16. The molecule has 0 fully saturated rings. The summed E-state index contributed by atoms with van der Waals surface area (Å²) in [6.45, 7) is 6.26. The van der Waals surface area contributed by atoms with Gasteiger partial charge < -0.3 is 20.5 Å². The molecule has 4 N–H and O–H groups in total. The van der Waals surface area contributed by atoms with Gasteiger partial charge in [0.25, 0.3) is 5.91 Å². The van der Waals surface area contributed by atoms with Gasteiger partial charge in [-0.25, -0.2) is 15.0 Å². The zero-order valence-corrected chi connectivity index (χ0v) is 19.1. The number of hydrogen-bond acceptors (Lipinski definition) is 10. The Bertz CT molecular complexity index is 779. The molecule has 0 saturated carbocycles. The van der Waals surface area contributed by atoms with E-state index >= 15 is 0 Å². The van der Waals surface area contributed by atoms with Crippen molar-refractivity contribution in [1.82, 2.24) is 10.6 Å². The summed E-state index contributed by atoms with van der Waals surface area (Å²) in [6, 6.07) is -0.639. The first-order valence-corrected chi connectivity index (χ1v) is 11.1. The fourth-order valence-electron chi connectivity index (χ4n) is 3.00. The molecule has 0 spiro atoms. The maximum atomic E-state index is 12.4. The zero-order chi connectivity index (χ0) is 23.6. The molecule has 0 aliphatic carbocycles. The van der Waals surface area contributed by atoms with Crippen LogP contribution in [-0.2, 0) is 23.9 Å². The molecule has 1 unspecified atom stereocenters. The van der Waals surface area contributed by atoms with Crippen molar-refractivity contribution in [3.05, 3.63) is 0 Å². The average molecular weight is 451 g/mol. The Balaban J connectivity index is 1.88. The SMILES string of the molecule is CCCCCC(=O)OCC1(NCCCCOC(=O)[C@@H](N)C(C)C)N=C2N=CN=C2C(=O)N1. The number of aliphatic imine (C=N–C) groups is 3. The van der Waals surface area contributed by atoms with E-state index < -0.39 is 23.7 Å². The third-order valence-corrected chi connectivity index (χ3v) is 5.06. The molecule has 0 aromatic heterocycles. The Morgan fingerprint density at radius 2 is 2.00 bits per heavy atom. The van der Waals surface area contributed by atoms with Gasteiger partial charge in [0.15, 0.2) is 11.5 Å². The topological polar surface area (TPSA) is 157 Å². The van der Waals surface area contributed by atoms with Gasteiger partial charge in [0.05, 0.1) is 6.61 Å². The number of nitrogens with one attached hydrogen (secondary N) is 2. The van der Waals surface area contributed by atoms with E-state index in [2.05, 4.69) is 32.5 Å². The summed E-state index contributed by atoms with van der Waals surface area (Å²) in [6.07, 6.45) is 5.48. The highest BCUT2D eigenvalue weighted by Gasteiger charge is 2.41. The molecule has 0 aromatic carbocycles. The molecular formula is C21H34N6O5. The first-order chi connectivity index (χ1) is 15.3. The number of amides is 1. The molecule has 0 bridgehead atoms. The number of esters is 2. The van der Waals surface area contributed by atoms with Gasteiger partial charge in [0.2, 0.25) is 5.79 Å². The molecule has 1 amide bonds. The van der Waals surface area contributed by atoms with Crippen molar-refractivity contribution >= 4 is 35.7 Å². The Hall–Kier alpha value is -2.66. The van der Waals surface area contributed by atoms with E-state index in [0.29, 0.717) is 25.8 Å². The Labute approximate surface area is 188 Å². The molecule has 32 heavy (non-hydrogen) atoms. The summed E-state index contributed by atoms with van der Waals surface area (Å²) in [5, 5.41) is 5.87. The number of ether oxygens (including phenoxy) is 2. The Morgan fingerprint density at radius 3 is 2.72 bits per heavy atom. The lowest BCUT2D eigenvalue weighted by atomic mass is 10.1. The third kappa shape index (κ3) is 7.49. The first kappa shape index (κ1) is 25.6. The van der Waals surface area contributed by atoms with Crippen molar-refractivity contribution in [1.29, 1.82) is 0 Å². The molecule has 11 nitrogen and oxygen atoms in total. The monoisotopic (exact) mass is 450 g/mol. The number of rotatable bonds is 14. The number of carbonyl (C=O) groups is 3. The first-order valence-electron chi connectivity index (χ1n) is 11.1. The molecular weight excluding hydrogens is 416 g/mol. The van der Waals surface area contributed by atoms with Gasteiger partial charge in [-0.05, 0) is 31.7 Å². The van der Waals surface area contributed by atoms with E-state index in [4.69, 9.17) is 15.2 Å². The van der Waals surface area contributed by atoms with Gasteiger partial charge in [-0.3, -0.25) is 19.7 Å². The van der Waals surface area contributed by atoms with Gasteiger partial charge in [-0.15, -0.1) is 0 Å². The molecule has 11 heteroatoms. The van der Waals surface area contributed by atoms with Gasteiger partial charge in [-0.1, -0.05) is 33.6 Å². The highest BCUT2D eigenvalue weighted by Crippen LogP contribution is 2.15. The van der Waals surface area contributed by atoms with Crippen molar-refractivity contribution in [2.75, 3.05) is 19.8 Å². The second kappa shape index (κ2) is 12.4. The van der Waals surface area contributed by atoms with Gasteiger partial charge in [0, 0.05) is 6.42 Å². The van der Waals surface area contributed by atoms with E-state index in [1.165, 1.54) is 6.34 Å². The van der Waals surface area contributed by atoms with Crippen LogP contribution in [0.1, 0.15) is 59.3 Å². The van der Waals surface area contributed by atoms with E-state index in [1.54, 1.807) is 0 Å². The van der Waals surface area contributed by atoms with Crippen molar-refractivity contribution in [3.63, 3.8) is 0 Å². The summed E-state index contributed by atoms with van der Waals surface area (Å²) in [4.78, 5) is 48.7. The fourth-order valence-corrected chi connectivity index (χ4v) is 3.00. The lowest BCUT2D eigenvalue weighted by Gasteiger charge is -2.34. The number of amidine groups is 1. The smallest absolute Gasteiger partial charge is 0.323 e. The van der Waals surface area contributed by atoms with Crippen molar-refractivity contribution in [2.45, 2.75) is 71.1 Å². The Morgan fingerprint density at radius 1 is 1.22 bits per heavy atom. The van der Waals surface area contributed by atoms with Gasteiger partial charge in [-0.2, -0.15) is 0 Å². The van der Waals surface area contributed by atoms with Crippen LogP contribution in [-0.4, -0.2) is 67.3 Å². The molecule has 0 saturated heterocycles.